The first-order chi connectivity index (χ1) is 12.8. The molecule has 1 aliphatic heterocycles. The van der Waals surface area contributed by atoms with E-state index in [1.165, 1.54) is 6.42 Å². The molecular weight excluding hydrogens is 364 g/mol. The minimum atomic E-state index is -0.103. The maximum atomic E-state index is 12.0. The smallest absolute Gasteiger partial charge is 0.257 e. The van der Waals surface area contributed by atoms with E-state index in [-0.39, 0.29) is 24.9 Å². The molecule has 1 heterocycles. The third kappa shape index (κ3) is 7.12. The maximum Gasteiger partial charge on any atom is 0.257 e. The molecule has 6 heteroatoms. The Morgan fingerprint density at radius 3 is 2.44 bits per heavy atom. The normalized spacial score (nSPS) is 15.6. The summed E-state index contributed by atoms with van der Waals surface area (Å²) in [5.74, 6) is 1.79. The van der Waals surface area contributed by atoms with Crippen LogP contribution in [0, 0.1) is 5.92 Å². The van der Waals surface area contributed by atoms with Gasteiger partial charge in [-0.2, -0.15) is 0 Å². The van der Waals surface area contributed by atoms with Crippen LogP contribution in [-0.2, 0) is 11.4 Å². The molecule has 146 valence electrons. The molecule has 0 saturated carbocycles. The second-order valence-electron chi connectivity index (χ2n) is 6.51. The van der Waals surface area contributed by atoms with Gasteiger partial charge in [0.2, 0.25) is 0 Å². The Labute approximate surface area is 166 Å². The summed E-state index contributed by atoms with van der Waals surface area (Å²) in [6.07, 6.45) is 2.20. The van der Waals surface area contributed by atoms with Crippen molar-refractivity contribution in [2.45, 2.75) is 19.4 Å². The fourth-order valence-electron chi connectivity index (χ4n) is 2.99. The Morgan fingerprint density at radius 2 is 1.74 bits per heavy atom. The van der Waals surface area contributed by atoms with Gasteiger partial charge in [-0.25, -0.2) is 0 Å². The Morgan fingerprint density at radius 1 is 1.04 bits per heavy atom. The van der Waals surface area contributed by atoms with Gasteiger partial charge >= 0.3 is 0 Å². The second kappa shape index (κ2) is 11.5. The molecule has 1 saturated heterocycles. The third-order valence-corrected chi connectivity index (χ3v) is 4.48. The summed E-state index contributed by atoms with van der Waals surface area (Å²) < 4.78 is 11.5. The second-order valence-corrected chi connectivity index (χ2v) is 6.51. The Bertz CT molecular complexity index is 691. The van der Waals surface area contributed by atoms with Gasteiger partial charge in [-0.1, -0.05) is 42.5 Å². The quantitative estimate of drug-likeness (QED) is 0.690. The molecule has 1 amide bonds. The number of amides is 1. The molecule has 0 bridgehead atoms. The number of carbonyl (C=O) groups excluding carboxylic acids is 1. The van der Waals surface area contributed by atoms with Gasteiger partial charge in [-0.3, -0.25) is 4.79 Å². The largest absolute Gasteiger partial charge is 0.485 e. The van der Waals surface area contributed by atoms with Crippen LogP contribution in [0.2, 0.25) is 0 Å². The van der Waals surface area contributed by atoms with Crippen LogP contribution in [0.1, 0.15) is 18.4 Å². The molecule has 1 unspecified atom stereocenters. The number of para-hydroxylation sites is 2. The molecule has 1 fully saturated rings. The number of ether oxygens (including phenoxy) is 2. The molecule has 0 aliphatic carbocycles. The molecule has 0 aromatic heterocycles. The highest BCUT2D eigenvalue weighted by Gasteiger charge is 2.14. The van der Waals surface area contributed by atoms with Crippen molar-refractivity contribution in [3.8, 4) is 11.5 Å². The van der Waals surface area contributed by atoms with Crippen molar-refractivity contribution in [3.63, 3.8) is 0 Å². The van der Waals surface area contributed by atoms with E-state index in [0.29, 0.717) is 30.6 Å². The zero-order valence-corrected chi connectivity index (χ0v) is 16.2. The van der Waals surface area contributed by atoms with Crippen molar-refractivity contribution < 1.29 is 14.3 Å². The van der Waals surface area contributed by atoms with Gasteiger partial charge < -0.3 is 20.1 Å². The fraction of sp³-hybridized carbons (Fsp3) is 0.381. The monoisotopic (exact) mass is 390 g/mol. The van der Waals surface area contributed by atoms with E-state index < -0.39 is 0 Å². The van der Waals surface area contributed by atoms with Crippen LogP contribution in [0.5, 0.6) is 11.5 Å². The Hall–Kier alpha value is -2.24. The number of hydrogen-bond donors (Lipinski definition) is 2. The lowest BCUT2D eigenvalue weighted by Gasteiger charge is -2.13. The van der Waals surface area contributed by atoms with Gasteiger partial charge in [0.1, 0.15) is 6.61 Å². The van der Waals surface area contributed by atoms with Crippen LogP contribution in [0.15, 0.2) is 54.6 Å². The van der Waals surface area contributed by atoms with Crippen LogP contribution in [0.4, 0.5) is 0 Å². The molecular formula is C21H27ClN2O3. The van der Waals surface area contributed by atoms with Crippen LogP contribution < -0.4 is 20.1 Å². The summed E-state index contributed by atoms with van der Waals surface area (Å²) in [5, 5.41) is 6.26. The van der Waals surface area contributed by atoms with E-state index in [2.05, 4.69) is 10.6 Å². The molecule has 1 aliphatic rings. The van der Waals surface area contributed by atoms with Gasteiger partial charge in [0.15, 0.2) is 18.1 Å². The molecule has 2 N–H and O–H groups in total. The molecule has 2 aromatic rings. The number of nitrogens with one attached hydrogen (secondary N) is 2. The van der Waals surface area contributed by atoms with E-state index in [4.69, 9.17) is 9.47 Å². The SMILES string of the molecule is Cl.O=C(COc1ccccc1OCc1ccccc1)NCCC1CCNC1. The van der Waals surface area contributed by atoms with E-state index in [1.807, 2.05) is 54.6 Å². The van der Waals surface area contributed by atoms with Crippen LogP contribution in [0.3, 0.4) is 0 Å². The van der Waals surface area contributed by atoms with Crippen LogP contribution in [-0.4, -0.2) is 32.1 Å². The van der Waals surface area contributed by atoms with Gasteiger partial charge in [0.05, 0.1) is 0 Å². The Kier molecular flexibility index (Phi) is 8.95. The molecule has 5 nitrogen and oxygen atoms in total. The molecule has 1 atom stereocenters. The average molecular weight is 391 g/mol. The van der Waals surface area contributed by atoms with Gasteiger partial charge in [-0.05, 0) is 49.5 Å². The minimum Gasteiger partial charge on any atom is -0.485 e. The van der Waals surface area contributed by atoms with Crippen LogP contribution >= 0.6 is 12.4 Å². The number of halogens is 1. The minimum absolute atomic E-state index is 0. The number of carbonyl (C=O) groups is 1. The third-order valence-electron chi connectivity index (χ3n) is 4.48. The van der Waals surface area contributed by atoms with Crippen molar-refractivity contribution in [2.75, 3.05) is 26.2 Å². The van der Waals surface area contributed by atoms with Gasteiger partial charge in [0.25, 0.3) is 5.91 Å². The number of rotatable bonds is 9. The summed E-state index contributed by atoms with van der Waals surface area (Å²) in [6, 6.07) is 17.4. The van der Waals surface area contributed by atoms with Crippen molar-refractivity contribution >= 4 is 18.3 Å². The fourth-order valence-corrected chi connectivity index (χ4v) is 2.99. The zero-order valence-electron chi connectivity index (χ0n) is 15.4. The first kappa shape index (κ1) is 21.1. The average Bonchev–Trinajstić information content (AvgIpc) is 3.20. The first-order valence-electron chi connectivity index (χ1n) is 9.17. The van der Waals surface area contributed by atoms with E-state index in [9.17, 15) is 4.79 Å². The van der Waals surface area contributed by atoms with Crippen LogP contribution in [0.25, 0.3) is 0 Å². The maximum absolute atomic E-state index is 12.0. The van der Waals surface area contributed by atoms with Crippen molar-refractivity contribution in [3.05, 3.63) is 60.2 Å². The summed E-state index contributed by atoms with van der Waals surface area (Å²) >= 11 is 0. The topological polar surface area (TPSA) is 59.6 Å². The first-order valence-corrected chi connectivity index (χ1v) is 9.17. The van der Waals surface area contributed by atoms with Crippen molar-refractivity contribution in [1.82, 2.24) is 10.6 Å². The van der Waals surface area contributed by atoms with Gasteiger partial charge in [-0.15, -0.1) is 12.4 Å². The Balaban J connectivity index is 0.00000261. The highest BCUT2D eigenvalue weighted by atomic mass is 35.5. The summed E-state index contributed by atoms with van der Waals surface area (Å²) in [4.78, 5) is 12.0. The lowest BCUT2D eigenvalue weighted by Crippen LogP contribution is -2.31. The van der Waals surface area contributed by atoms with Crippen molar-refractivity contribution in [2.24, 2.45) is 5.92 Å². The van der Waals surface area contributed by atoms with E-state index >= 15 is 0 Å². The van der Waals surface area contributed by atoms with Crippen molar-refractivity contribution in [1.29, 1.82) is 0 Å². The molecule has 27 heavy (non-hydrogen) atoms. The lowest BCUT2D eigenvalue weighted by atomic mass is 10.1. The highest BCUT2D eigenvalue weighted by molar-refractivity contribution is 5.85. The predicted molar refractivity (Wildman–Crippen MR) is 109 cm³/mol. The van der Waals surface area contributed by atoms with E-state index in [1.54, 1.807) is 0 Å². The number of hydrogen-bond acceptors (Lipinski definition) is 4. The molecule has 0 spiro atoms. The lowest BCUT2D eigenvalue weighted by molar-refractivity contribution is -0.123. The molecule has 3 rings (SSSR count). The zero-order chi connectivity index (χ0) is 18.0. The predicted octanol–water partition coefficient (Wildman–Crippen LogP) is 3.18. The standard InChI is InChI=1S/C21H26N2O3.ClH/c24-21(23-13-11-17-10-12-22-14-17)16-26-20-9-5-4-8-19(20)25-15-18-6-2-1-3-7-18;/h1-9,17,22H,10-16H2,(H,23,24);1H. The molecule has 0 radical (unpaired) electrons. The summed E-state index contributed by atoms with van der Waals surface area (Å²) in [6.45, 7) is 3.29. The molecule has 2 aromatic carbocycles. The highest BCUT2D eigenvalue weighted by Crippen LogP contribution is 2.27. The van der Waals surface area contributed by atoms with Gasteiger partial charge in [0, 0.05) is 6.54 Å². The summed E-state index contributed by atoms with van der Waals surface area (Å²) in [7, 11) is 0. The number of benzene rings is 2. The van der Waals surface area contributed by atoms with E-state index in [0.717, 1.165) is 25.1 Å². The summed E-state index contributed by atoms with van der Waals surface area (Å²) in [5.41, 5.74) is 1.08.